The largest absolute Gasteiger partial charge is 0.387 e. The fourth-order valence-corrected chi connectivity index (χ4v) is 3.46. The third-order valence-corrected chi connectivity index (χ3v) is 4.93. The molecule has 164 valence electrons. The first kappa shape index (κ1) is 22.1. The third kappa shape index (κ3) is 4.75. The number of likely N-dealkylation sites (N-methyl/N-ethyl adjacent to an activating group) is 1. The number of nitrogens with zero attached hydrogens (tertiary/aromatic N) is 2. The van der Waals surface area contributed by atoms with Crippen molar-refractivity contribution >= 4 is 0 Å². The molecular formula is C17H28N3O9+. The number of hydrogen-bond donors (Lipinski definition) is 5. The predicted octanol–water partition coefficient (Wildman–Crippen LogP) is -3.67. The monoisotopic (exact) mass is 418 g/mol. The lowest BCUT2D eigenvalue weighted by Crippen LogP contribution is -2.46. The van der Waals surface area contributed by atoms with Crippen molar-refractivity contribution < 1.29 is 39.1 Å². The summed E-state index contributed by atoms with van der Waals surface area (Å²) < 4.78 is 18.1. The summed E-state index contributed by atoms with van der Waals surface area (Å²) in [6, 6.07) is 1.09. The highest BCUT2D eigenvalue weighted by Crippen LogP contribution is 2.30. The van der Waals surface area contributed by atoms with Gasteiger partial charge in [0.05, 0.1) is 27.7 Å². The Kier molecular flexibility index (Phi) is 6.27. The number of aromatic amines is 1. The maximum absolute atomic E-state index is 11.9. The second-order valence-electron chi connectivity index (χ2n) is 8.39. The van der Waals surface area contributed by atoms with Crippen LogP contribution in [0.25, 0.3) is 0 Å². The first-order valence-electron chi connectivity index (χ1n) is 9.24. The second kappa shape index (κ2) is 8.24. The third-order valence-electron chi connectivity index (χ3n) is 4.93. The lowest BCUT2D eigenvalue weighted by atomic mass is 10.1. The molecule has 3 rings (SSSR count). The van der Waals surface area contributed by atoms with E-state index < -0.39 is 60.4 Å². The molecule has 0 unspecified atom stereocenters. The Morgan fingerprint density at radius 3 is 2.31 bits per heavy atom. The molecule has 0 spiro atoms. The summed E-state index contributed by atoms with van der Waals surface area (Å²) in [5, 5.41) is 40.8. The Balaban J connectivity index is 1.62. The van der Waals surface area contributed by atoms with Crippen LogP contribution < -0.4 is 11.2 Å². The second-order valence-corrected chi connectivity index (χ2v) is 8.39. The molecule has 12 nitrogen and oxygen atoms in total. The van der Waals surface area contributed by atoms with Gasteiger partial charge in [-0.05, 0) is 0 Å². The molecule has 0 aromatic carbocycles. The molecule has 0 aliphatic carbocycles. The molecule has 29 heavy (non-hydrogen) atoms. The number of H-pyrrole nitrogens is 1. The van der Waals surface area contributed by atoms with Crippen molar-refractivity contribution in [2.75, 3.05) is 34.3 Å². The van der Waals surface area contributed by atoms with E-state index in [4.69, 9.17) is 14.2 Å². The van der Waals surface area contributed by atoms with Crippen LogP contribution in [0.1, 0.15) is 6.23 Å². The zero-order chi connectivity index (χ0) is 21.5. The number of hydrogen-bond acceptors (Lipinski definition) is 9. The van der Waals surface area contributed by atoms with E-state index >= 15 is 0 Å². The highest BCUT2D eigenvalue weighted by molar-refractivity contribution is 4.94. The summed E-state index contributed by atoms with van der Waals surface area (Å²) in [6.45, 7) is 0.176. The van der Waals surface area contributed by atoms with Crippen LogP contribution in [0.15, 0.2) is 21.9 Å². The molecular weight excluding hydrogens is 390 g/mol. The number of aromatic nitrogens is 2. The molecule has 0 radical (unpaired) electrons. The number of quaternary nitrogens is 1. The fourth-order valence-electron chi connectivity index (χ4n) is 3.46. The summed E-state index contributed by atoms with van der Waals surface area (Å²) >= 11 is 0. The lowest BCUT2D eigenvalue weighted by molar-refractivity contribution is -0.874. The molecule has 5 N–H and O–H groups in total. The van der Waals surface area contributed by atoms with Gasteiger partial charge in [-0.1, -0.05) is 0 Å². The van der Waals surface area contributed by atoms with E-state index in [1.165, 1.54) is 0 Å². The van der Waals surface area contributed by atoms with Crippen molar-refractivity contribution in [1.82, 2.24) is 9.55 Å². The van der Waals surface area contributed by atoms with Crippen LogP contribution in [0.5, 0.6) is 0 Å². The molecule has 2 aliphatic rings. The number of aliphatic hydroxyl groups is 4. The maximum atomic E-state index is 11.9. The molecule has 12 heteroatoms. The SMILES string of the molecule is C[N+](C)(C)C[C@H]1O[C@@H](OC[C@H]2O[C@@H](n3ccc(=O)[nH]c3=O)[C@H](O)[C@@H]2O)[C@H](O)[C@@H]1O. The fraction of sp³-hybridized carbons (Fsp3) is 0.765. The van der Waals surface area contributed by atoms with Crippen molar-refractivity contribution in [2.24, 2.45) is 0 Å². The molecule has 8 atom stereocenters. The summed E-state index contributed by atoms with van der Waals surface area (Å²) in [4.78, 5) is 25.1. The van der Waals surface area contributed by atoms with Gasteiger partial charge in [-0.25, -0.2) is 4.79 Å². The summed E-state index contributed by atoms with van der Waals surface area (Å²) in [5.74, 6) is 0. The van der Waals surface area contributed by atoms with Gasteiger partial charge in [-0.15, -0.1) is 0 Å². The number of rotatable bonds is 6. The Labute approximate surface area is 166 Å². The standard InChI is InChI=1S/C17H27N3O9/c1-20(2,3)6-8-11(22)14(25)16(29-8)27-7-9-12(23)13(24)15(28-9)19-5-4-10(21)18-17(19)26/h4-5,8-9,11-16,22-25H,6-7H2,1-3H3/p+1/t8-,9-,11-,12-,13-,14-,15-,16-/m1/s1. The zero-order valence-electron chi connectivity index (χ0n) is 16.4. The van der Waals surface area contributed by atoms with Crippen LogP contribution >= 0.6 is 0 Å². The van der Waals surface area contributed by atoms with E-state index in [0.29, 0.717) is 11.0 Å². The van der Waals surface area contributed by atoms with Crippen LogP contribution in [0.2, 0.25) is 0 Å². The van der Waals surface area contributed by atoms with E-state index in [1.807, 2.05) is 26.1 Å². The minimum Gasteiger partial charge on any atom is -0.387 e. The van der Waals surface area contributed by atoms with Gasteiger partial charge in [-0.2, -0.15) is 0 Å². The van der Waals surface area contributed by atoms with Crippen molar-refractivity contribution in [2.45, 2.75) is 49.1 Å². The minimum absolute atomic E-state index is 0.266. The summed E-state index contributed by atoms with van der Waals surface area (Å²) in [7, 11) is 5.75. The predicted molar refractivity (Wildman–Crippen MR) is 96.8 cm³/mol. The van der Waals surface area contributed by atoms with Crippen LogP contribution in [-0.4, -0.2) is 112 Å². The van der Waals surface area contributed by atoms with Crippen LogP contribution in [-0.2, 0) is 14.2 Å². The van der Waals surface area contributed by atoms with Gasteiger partial charge >= 0.3 is 5.69 Å². The topological polar surface area (TPSA) is 163 Å². The van der Waals surface area contributed by atoms with E-state index in [1.54, 1.807) is 0 Å². The van der Waals surface area contributed by atoms with Gasteiger partial charge < -0.3 is 39.1 Å². The van der Waals surface area contributed by atoms with Crippen LogP contribution in [0.4, 0.5) is 0 Å². The Bertz CT molecular complexity index is 819. The van der Waals surface area contributed by atoms with Gasteiger partial charge in [0, 0.05) is 12.3 Å². The van der Waals surface area contributed by atoms with Gasteiger partial charge in [0.2, 0.25) is 0 Å². The van der Waals surface area contributed by atoms with E-state index in [-0.39, 0.29) is 6.61 Å². The Morgan fingerprint density at radius 2 is 1.69 bits per heavy atom. The molecule has 3 heterocycles. The van der Waals surface area contributed by atoms with Crippen molar-refractivity contribution in [3.63, 3.8) is 0 Å². The quantitative estimate of drug-likeness (QED) is 0.293. The number of nitrogens with one attached hydrogen (secondary N) is 1. The number of ether oxygens (including phenoxy) is 3. The lowest BCUT2D eigenvalue weighted by Gasteiger charge is -2.28. The molecule has 2 saturated heterocycles. The minimum atomic E-state index is -1.45. The molecule has 0 amide bonds. The molecule has 2 fully saturated rings. The first-order chi connectivity index (χ1) is 13.5. The van der Waals surface area contributed by atoms with Crippen molar-refractivity contribution in [3.8, 4) is 0 Å². The zero-order valence-corrected chi connectivity index (χ0v) is 16.4. The summed E-state index contributed by atoms with van der Waals surface area (Å²) in [6.07, 6.45) is -8.12. The van der Waals surface area contributed by atoms with E-state index in [2.05, 4.69) is 0 Å². The van der Waals surface area contributed by atoms with Crippen LogP contribution in [0.3, 0.4) is 0 Å². The number of aliphatic hydroxyl groups excluding tert-OH is 4. The Morgan fingerprint density at radius 1 is 1.03 bits per heavy atom. The van der Waals surface area contributed by atoms with Gasteiger partial charge in [0.1, 0.15) is 43.2 Å². The normalized spacial score (nSPS) is 37.9. The van der Waals surface area contributed by atoms with Crippen molar-refractivity contribution in [3.05, 3.63) is 33.1 Å². The van der Waals surface area contributed by atoms with Crippen molar-refractivity contribution in [1.29, 1.82) is 0 Å². The van der Waals surface area contributed by atoms with Crippen LogP contribution in [0, 0.1) is 0 Å². The Hall–Kier alpha value is -1.64. The van der Waals surface area contributed by atoms with E-state index in [9.17, 15) is 30.0 Å². The highest BCUT2D eigenvalue weighted by atomic mass is 16.7. The first-order valence-corrected chi connectivity index (χ1v) is 9.24. The summed E-state index contributed by atoms with van der Waals surface area (Å²) in [5.41, 5.74) is -1.40. The van der Waals surface area contributed by atoms with Gasteiger partial charge in [0.25, 0.3) is 5.56 Å². The average Bonchev–Trinajstić information content (AvgIpc) is 3.04. The molecule has 1 aromatic heterocycles. The smallest absolute Gasteiger partial charge is 0.330 e. The van der Waals surface area contributed by atoms with Gasteiger partial charge in [-0.3, -0.25) is 14.3 Å². The molecule has 0 bridgehead atoms. The van der Waals surface area contributed by atoms with Gasteiger partial charge in [0.15, 0.2) is 12.5 Å². The maximum Gasteiger partial charge on any atom is 0.330 e. The highest BCUT2D eigenvalue weighted by Gasteiger charge is 2.48. The molecule has 2 aliphatic heterocycles. The average molecular weight is 418 g/mol. The molecule has 0 saturated carbocycles. The van der Waals surface area contributed by atoms with E-state index in [0.717, 1.165) is 16.8 Å². The molecule has 1 aromatic rings.